The molecule has 17 nitrogen and oxygen atoms in total. The van der Waals surface area contributed by atoms with Gasteiger partial charge in [-0.2, -0.15) is 0 Å². The molecule has 5 rings (SSSR count). The Morgan fingerprint density at radius 2 is 1.92 bits per heavy atom. The summed E-state index contributed by atoms with van der Waals surface area (Å²) >= 11 is 8.51. The fourth-order valence-corrected chi connectivity index (χ4v) is 8.20. The fourth-order valence-electron chi connectivity index (χ4n) is 6.07. The zero-order valence-electron chi connectivity index (χ0n) is 27.8. The number of phenolic OH excluding ortho intramolecular Hbond substituents is 1. The van der Waals surface area contributed by atoms with E-state index < -0.39 is 52.4 Å². The number of aromatic nitrogens is 1. The maximum Gasteiger partial charge on any atom is 0.352 e. The maximum atomic E-state index is 13.5. The van der Waals surface area contributed by atoms with E-state index in [0.29, 0.717) is 23.1 Å². The third-order valence-electron chi connectivity index (χ3n) is 8.85. The SMILES string of the molecule is COc1ccc(C(=O)NCC[N+]2(CC3=C(C(=O)O)N4C(=O)[C@@H](NC(=O)/C(=N\OC(C)(C)C(=O)O)c5csc(N)n5)[C@H]4SC3)CCCC2)c(Cl)c1O. The summed E-state index contributed by atoms with van der Waals surface area (Å²) in [6.07, 6.45) is 1.80. The Labute approximate surface area is 305 Å². The molecule has 2 fully saturated rings. The number of anilines is 1. The molecule has 0 unspecified atom stereocenters. The quantitative estimate of drug-likeness (QED) is 0.0692. The number of thioether (sulfide) groups is 1. The highest BCUT2D eigenvalue weighted by atomic mass is 35.5. The van der Waals surface area contributed by atoms with Crippen molar-refractivity contribution in [2.24, 2.45) is 5.16 Å². The number of hydrogen-bond acceptors (Lipinski definition) is 13. The summed E-state index contributed by atoms with van der Waals surface area (Å²) in [5, 5.41) is 39.8. The molecule has 2 atom stereocenters. The molecule has 51 heavy (non-hydrogen) atoms. The van der Waals surface area contributed by atoms with Crippen LogP contribution in [0.25, 0.3) is 0 Å². The normalized spacial score (nSPS) is 20.0. The van der Waals surface area contributed by atoms with Crippen LogP contribution in [0.4, 0.5) is 5.13 Å². The number of rotatable bonds is 14. The molecule has 4 heterocycles. The van der Waals surface area contributed by atoms with Crippen LogP contribution in [0, 0.1) is 0 Å². The lowest BCUT2D eigenvalue weighted by molar-refractivity contribution is -0.911. The minimum absolute atomic E-state index is 0.00517. The Bertz CT molecular complexity index is 1820. The highest BCUT2D eigenvalue weighted by molar-refractivity contribution is 8.00. The van der Waals surface area contributed by atoms with Gasteiger partial charge in [-0.3, -0.25) is 19.3 Å². The van der Waals surface area contributed by atoms with E-state index in [9.17, 15) is 39.3 Å². The Hall–Kier alpha value is -4.59. The number of thiazole rings is 1. The molecule has 0 aliphatic carbocycles. The number of halogens is 1. The zero-order chi connectivity index (χ0) is 37.2. The van der Waals surface area contributed by atoms with Crippen molar-refractivity contribution in [2.75, 3.05) is 51.3 Å². The number of nitrogens with two attached hydrogens (primary N) is 1. The maximum absolute atomic E-state index is 13.5. The summed E-state index contributed by atoms with van der Waals surface area (Å²) in [7, 11) is 1.37. The number of carbonyl (C=O) groups excluding carboxylic acids is 3. The number of aliphatic carboxylic acids is 2. The summed E-state index contributed by atoms with van der Waals surface area (Å²) in [4.78, 5) is 74.3. The molecule has 3 aliphatic rings. The second-order valence-electron chi connectivity index (χ2n) is 12.6. The Balaban J connectivity index is 1.29. The third kappa shape index (κ3) is 7.70. The Morgan fingerprint density at radius 1 is 1.22 bits per heavy atom. The summed E-state index contributed by atoms with van der Waals surface area (Å²) in [6.45, 7) is 5.01. The minimum Gasteiger partial charge on any atom is -0.503 e. The first-order valence-electron chi connectivity index (χ1n) is 15.7. The lowest BCUT2D eigenvalue weighted by atomic mass is 10.0. The number of aromatic hydroxyl groups is 1. The van der Waals surface area contributed by atoms with E-state index in [2.05, 4.69) is 20.8 Å². The number of hydrogen-bond donors (Lipinski definition) is 6. The minimum atomic E-state index is -1.79. The molecule has 0 bridgehead atoms. The standard InChI is InChI=1S/C31H36ClN7O10S2/c1-31(2,29(46)47)49-37-20(17-14-51-30(33)35-17)25(42)36-21-26(43)38-22(28(44)45)15(13-50-27(21)38)12-39(9-4-5-10-39)11-8-34-24(41)16-6-7-18(48-3)23(40)19(16)32/h6-7,14,21,27H,4-5,8-13H2,1-3H3,(H6-,33,34,35,36,40,41,42,44,45,46,47)/p+1/b37-20-/t21-,27-/m1/s1. The molecule has 1 aromatic heterocycles. The molecule has 2 saturated heterocycles. The van der Waals surface area contributed by atoms with Gasteiger partial charge in [-0.1, -0.05) is 16.8 Å². The van der Waals surface area contributed by atoms with Crippen LogP contribution in [0.5, 0.6) is 11.5 Å². The number of likely N-dealkylation sites (tertiary alicyclic amines) is 1. The first kappa shape index (κ1) is 37.7. The number of quaternary nitrogens is 1. The summed E-state index contributed by atoms with van der Waals surface area (Å²) in [6, 6.07) is 1.78. The molecule has 3 aliphatic heterocycles. The van der Waals surface area contributed by atoms with Gasteiger partial charge in [0, 0.05) is 29.5 Å². The van der Waals surface area contributed by atoms with Gasteiger partial charge in [0.15, 0.2) is 22.3 Å². The van der Waals surface area contributed by atoms with Crippen molar-refractivity contribution in [3.05, 3.63) is 45.1 Å². The van der Waals surface area contributed by atoms with Crippen LogP contribution in [-0.2, 0) is 24.0 Å². The van der Waals surface area contributed by atoms with E-state index in [4.69, 9.17) is 26.9 Å². The smallest absolute Gasteiger partial charge is 0.352 e. The number of nitrogen functional groups attached to an aromatic ring is 1. The number of carboxylic acids is 2. The fraction of sp³-hybridized carbons (Fsp3) is 0.452. The number of nitrogens with one attached hydrogen (secondary N) is 2. The first-order valence-corrected chi connectivity index (χ1v) is 18.0. The van der Waals surface area contributed by atoms with Gasteiger partial charge in [0.2, 0.25) is 5.60 Å². The number of methoxy groups -OCH3 is 1. The van der Waals surface area contributed by atoms with Crippen molar-refractivity contribution < 1.29 is 53.3 Å². The second kappa shape index (κ2) is 14.9. The predicted molar refractivity (Wildman–Crippen MR) is 187 cm³/mol. The van der Waals surface area contributed by atoms with E-state index in [1.54, 1.807) is 0 Å². The predicted octanol–water partition coefficient (Wildman–Crippen LogP) is 1.46. The van der Waals surface area contributed by atoms with Crippen LogP contribution >= 0.6 is 34.7 Å². The number of fused-ring (bicyclic) bond motifs is 1. The zero-order valence-corrected chi connectivity index (χ0v) is 30.2. The van der Waals surface area contributed by atoms with E-state index in [-0.39, 0.29) is 50.9 Å². The number of phenols is 1. The average Bonchev–Trinajstić information content (AvgIpc) is 3.73. The van der Waals surface area contributed by atoms with E-state index in [1.807, 2.05) is 0 Å². The number of carbonyl (C=O) groups is 5. The number of benzene rings is 1. The molecular formula is C31H37ClN7O10S2+. The van der Waals surface area contributed by atoms with Crippen LogP contribution in [0.2, 0.25) is 5.02 Å². The lowest BCUT2D eigenvalue weighted by Gasteiger charge is -2.50. The summed E-state index contributed by atoms with van der Waals surface area (Å²) in [5.74, 6) is -4.56. The van der Waals surface area contributed by atoms with Crippen LogP contribution in [0.3, 0.4) is 0 Å². The van der Waals surface area contributed by atoms with E-state index in [0.717, 1.165) is 37.3 Å². The van der Waals surface area contributed by atoms with E-state index in [1.165, 1.54) is 55.1 Å². The van der Waals surface area contributed by atoms with Crippen molar-refractivity contribution in [1.82, 2.24) is 20.5 Å². The van der Waals surface area contributed by atoms with Gasteiger partial charge in [-0.05, 0) is 26.0 Å². The molecule has 0 saturated carbocycles. The van der Waals surface area contributed by atoms with Gasteiger partial charge in [0.25, 0.3) is 17.7 Å². The topological polar surface area (TPSA) is 243 Å². The van der Waals surface area contributed by atoms with Crippen LogP contribution < -0.4 is 21.1 Å². The molecule has 2 aromatic rings. The van der Waals surface area contributed by atoms with Crippen LogP contribution in [0.1, 0.15) is 42.7 Å². The Morgan fingerprint density at radius 3 is 2.53 bits per heavy atom. The summed E-state index contributed by atoms with van der Waals surface area (Å²) in [5.41, 5.74) is 4.03. The highest BCUT2D eigenvalue weighted by Crippen LogP contribution is 2.42. The molecule has 274 valence electrons. The lowest BCUT2D eigenvalue weighted by Crippen LogP contribution is -2.71. The monoisotopic (exact) mass is 766 g/mol. The molecule has 20 heteroatoms. The molecule has 7 N–H and O–H groups in total. The first-order chi connectivity index (χ1) is 24.1. The highest BCUT2D eigenvalue weighted by Gasteiger charge is 2.55. The third-order valence-corrected chi connectivity index (χ3v) is 11.2. The van der Waals surface area contributed by atoms with Crippen molar-refractivity contribution >= 4 is 75.2 Å². The van der Waals surface area contributed by atoms with Gasteiger partial charge in [-0.15, -0.1) is 23.1 Å². The van der Waals surface area contributed by atoms with Crippen molar-refractivity contribution in [1.29, 1.82) is 0 Å². The van der Waals surface area contributed by atoms with Gasteiger partial charge >= 0.3 is 11.9 Å². The number of nitrogens with zero attached hydrogens (tertiary/aromatic N) is 4. The van der Waals surface area contributed by atoms with E-state index >= 15 is 0 Å². The van der Waals surface area contributed by atoms with Gasteiger partial charge < -0.3 is 45.7 Å². The second-order valence-corrected chi connectivity index (χ2v) is 15.0. The van der Waals surface area contributed by atoms with Gasteiger partial charge in [-0.25, -0.2) is 14.6 Å². The number of oxime groups is 1. The molecule has 0 spiro atoms. The van der Waals surface area contributed by atoms with Crippen molar-refractivity contribution in [2.45, 2.75) is 43.7 Å². The number of carboxylic acid groups (broad SMARTS) is 2. The van der Waals surface area contributed by atoms with Gasteiger partial charge in [0.05, 0.1) is 43.9 Å². The number of ether oxygens (including phenoxy) is 1. The molecular weight excluding hydrogens is 730 g/mol. The molecule has 1 aromatic carbocycles. The van der Waals surface area contributed by atoms with Gasteiger partial charge in [0.1, 0.15) is 29.4 Å². The van der Waals surface area contributed by atoms with Crippen LogP contribution in [-0.4, -0.2) is 128 Å². The largest absolute Gasteiger partial charge is 0.503 e. The van der Waals surface area contributed by atoms with Crippen molar-refractivity contribution in [3.8, 4) is 11.5 Å². The average molecular weight is 767 g/mol. The van der Waals surface area contributed by atoms with Crippen molar-refractivity contribution in [3.63, 3.8) is 0 Å². The van der Waals surface area contributed by atoms with Crippen LogP contribution in [0.15, 0.2) is 33.9 Å². The molecule has 0 radical (unpaired) electrons. The number of β-lactam (4-membered cyclic amide) rings is 1. The molecule has 3 amide bonds. The Kier molecular flexibility index (Phi) is 11.0. The number of amides is 3. The summed E-state index contributed by atoms with van der Waals surface area (Å²) < 4.78 is 5.52.